The van der Waals surface area contributed by atoms with Gasteiger partial charge in [-0.25, -0.2) is 0 Å². The molecule has 23 heavy (non-hydrogen) atoms. The summed E-state index contributed by atoms with van der Waals surface area (Å²) in [6.07, 6.45) is 5.66. The first-order valence-electron chi connectivity index (χ1n) is 7.78. The van der Waals surface area contributed by atoms with Gasteiger partial charge in [-0.3, -0.25) is 9.48 Å². The number of carbonyl (C=O) groups is 1. The first-order chi connectivity index (χ1) is 10.8. The molecule has 0 spiro atoms. The maximum Gasteiger partial charge on any atom is 0.246 e. The predicted octanol–water partition coefficient (Wildman–Crippen LogP) is 3.07. The Hall–Kier alpha value is -2.30. The third kappa shape index (κ3) is 4.34. The number of carbonyl (C=O) groups excluding carboxylic acids is 1. The average molecular weight is 315 g/mol. The van der Waals surface area contributed by atoms with Crippen molar-refractivity contribution >= 4 is 5.91 Å². The van der Waals surface area contributed by atoms with Crippen molar-refractivity contribution in [3.63, 3.8) is 0 Å². The predicted molar refractivity (Wildman–Crippen MR) is 89.9 cm³/mol. The van der Waals surface area contributed by atoms with Gasteiger partial charge < -0.3 is 9.32 Å². The van der Waals surface area contributed by atoms with Gasteiger partial charge in [-0.2, -0.15) is 5.10 Å². The maximum absolute atomic E-state index is 12.2. The third-order valence-corrected chi connectivity index (χ3v) is 3.67. The van der Waals surface area contributed by atoms with E-state index in [1.165, 1.54) is 6.08 Å². The molecule has 5 nitrogen and oxygen atoms in total. The smallest absolute Gasteiger partial charge is 0.246 e. The van der Waals surface area contributed by atoms with Gasteiger partial charge in [0.1, 0.15) is 5.76 Å². The van der Waals surface area contributed by atoms with Crippen LogP contribution in [0.5, 0.6) is 0 Å². The second kappa shape index (κ2) is 6.86. The lowest BCUT2D eigenvalue weighted by Crippen LogP contribution is -2.31. The van der Waals surface area contributed by atoms with Crippen LogP contribution in [0.15, 0.2) is 41.7 Å². The average Bonchev–Trinajstić information content (AvgIpc) is 3.11. The highest BCUT2D eigenvalue weighted by Crippen LogP contribution is 2.25. The van der Waals surface area contributed by atoms with Crippen LogP contribution in [0.2, 0.25) is 0 Å². The third-order valence-electron chi connectivity index (χ3n) is 3.67. The molecule has 2 heterocycles. The molecule has 1 amide bonds. The largest absolute Gasteiger partial charge is 0.469 e. The molecule has 0 aliphatic carbocycles. The van der Waals surface area contributed by atoms with E-state index in [0.717, 1.165) is 17.0 Å². The highest BCUT2D eigenvalue weighted by atomic mass is 16.3. The van der Waals surface area contributed by atoms with Gasteiger partial charge in [0.25, 0.3) is 0 Å². The Balaban J connectivity index is 2.17. The lowest BCUT2D eigenvalue weighted by Gasteiger charge is -2.23. The normalized spacial score (nSPS) is 11.5. The Morgan fingerprint density at radius 3 is 2.78 bits per heavy atom. The van der Waals surface area contributed by atoms with Crippen molar-refractivity contribution in [1.29, 1.82) is 0 Å². The fraction of sp³-hybridized carbons (Fsp3) is 0.444. The second-order valence-electron chi connectivity index (χ2n) is 6.72. The lowest BCUT2D eigenvalue weighted by atomic mass is 9.89. The van der Waals surface area contributed by atoms with Crippen molar-refractivity contribution < 1.29 is 9.21 Å². The molecule has 0 saturated heterocycles. The van der Waals surface area contributed by atoms with Crippen LogP contribution in [-0.4, -0.2) is 27.1 Å². The molecular formula is C18H25N3O2. The number of aromatic nitrogens is 2. The molecule has 0 saturated carbocycles. The second-order valence-corrected chi connectivity index (χ2v) is 6.72. The number of amides is 1. The summed E-state index contributed by atoms with van der Waals surface area (Å²) < 4.78 is 7.15. The van der Waals surface area contributed by atoms with Gasteiger partial charge >= 0.3 is 0 Å². The summed E-state index contributed by atoms with van der Waals surface area (Å²) >= 11 is 0. The van der Waals surface area contributed by atoms with Gasteiger partial charge in [-0.15, -0.1) is 0 Å². The van der Waals surface area contributed by atoms with E-state index in [1.54, 1.807) is 15.8 Å². The topological polar surface area (TPSA) is 51.3 Å². The zero-order chi connectivity index (χ0) is 17.0. The Labute approximate surface area is 137 Å². The van der Waals surface area contributed by atoms with E-state index in [1.807, 2.05) is 25.4 Å². The molecule has 0 bridgehead atoms. The van der Waals surface area contributed by atoms with Gasteiger partial charge in [0.05, 0.1) is 12.0 Å². The summed E-state index contributed by atoms with van der Waals surface area (Å²) in [5.41, 5.74) is 2.01. The van der Waals surface area contributed by atoms with E-state index in [2.05, 4.69) is 32.4 Å². The Bertz CT molecular complexity index is 663. The summed E-state index contributed by atoms with van der Waals surface area (Å²) in [5, 5.41) is 4.56. The molecule has 0 atom stereocenters. The summed E-state index contributed by atoms with van der Waals surface area (Å²) in [4.78, 5) is 14.0. The first kappa shape index (κ1) is 17.1. The van der Waals surface area contributed by atoms with Crippen LogP contribution in [0.4, 0.5) is 0 Å². The molecule has 0 aromatic carbocycles. The molecular weight excluding hydrogens is 290 g/mol. The van der Waals surface area contributed by atoms with Gasteiger partial charge in [0.2, 0.25) is 5.91 Å². The number of hydrogen-bond acceptors (Lipinski definition) is 3. The van der Waals surface area contributed by atoms with Crippen LogP contribution >= 0.6 is 0 Å². The maximum atomic E-state index is 12.2. The Morgan fingerprint density at radius 1 is 1.48 bits per heavy atom. The molecule has 0 fully saturated rings. The van der Waals surface area contributed by atoms with Crippen LogP contribution in [0, 0.1) is 0 Å². The fourth-order valence-electron chi connectivity index (χ4n) is 2.59. The van der Waals surface area contributed by atoms with Crippen LogP contribution in [-0.2, 0) is 30.2 Å². The monoisotopic (exact) mass is 315 g/mol. The van der Waals surface area contributed by atoms with E-state index in [9.17, 15) is 4.79 Å². The van der Waals surface area contributed by atoms with Crippen molar-refractivity contribution in [1.82, 2.24) is 14.7 Å². The van der Waals surface area contributed by atoms with Crippen LogP contribution < -0.4 is 0 Å². The molecule has 0 aliphatic heterocycles. The Kier molecular flexibility index (Phi) is 5.08. The van der Waals surface area contributed by atoms with Gasteiger partial charge in [0.15, 0.2) is 0 Å². The minimum atomic E-state index is -0.0831. The van der Waals surface area contributed by atoms with Crippen molar-refractivity contribution in [3.8, 4) is 0 Å². The molecule has 2 rings (SSSR count). The first-order valence-corrected chi connectivity index (χ1v) is 7.78. The fourth-order valence-corrected chi connectivity index (χ4v) is 2.59. The highest BCUT2D eigenvalue weighted by Gasteiger charge is 2.24. The van der Waals surface area contributed by atoms with Crippen LogP contribution in [0.3, 0.4) is 0 Å². The molecule has 124 valence electrons. The van der Waals surface area contributed by atoms with E-state index >= 15 is 0 Å². The zero-order valence-corrected chi connectivity index (χ0v) is 14.4. The molecule has 0 aliphatic rings. The van der Waals surface area contributed by atoms with Crippen molar-refractivity contribution in [2.45, 2.75) is 39.2 Å². The van der Waals surface area contributed by atoms with Crippen LogP contribution in [0.25, 0.3) is 0 Å². The van der Waals surface area contributed by atoms with Crippen LogP contribution in [0.1, 0.15) is 37.8 Å². The standard InChI is InChI=1S/C18H25N3O2/c1-6-16(22)21(10-9-15-8-7-11-23-15)13-14-12-20(5)19-17(14)18(2,3)4/h6-8,11-12H,1,9-10,13H2,2-5H3. The van der Waals surface area contributed by atoms with E-state index in [-0.39, 0.29) is 11.3 Å². The summed E-state index contributed by atoms with van der Waals surface area (Å²) in [7, 11) is 1.90. The van der Waals surface area contributed by atoms with E-state index in [4.69, 9.17) is 4.42 Å². The molecule has 5 heteroatoms. The van der Waals surface area contributed by atoms with E-state index < -0.39 is 0 Å². The number of rotatable bonds is 6. The van der Waals surface area contributed by atoms with Crippen molar-refractivity contribution in [2.24, 2.45) is 7.05 Å². The summed E-state index contributed by atoms with van der Waals surface area (Å²) in [5.74, 6) is 0.786. The molecule has 0 unspecified atom stereocenters. The minimum Gasteiger partial charge on any atom is -0.469 e. The Morgan fingerprint density at radius 2 is 2.22 bits per heavy atom. The van der Waals surface area contributed by atoms with Crippen molar-refractivity contribution in [2.75, 3.05) is 6.54 Å². The van der Waals surface area contributed by atoms with E-state index in [0.29, 0.717) is 19.5 Å². The van der Waals surface area contributed by atoms with Gasteiger partial charge in [-0.1, -0.05) is 27.4 Å². The zero-order valence-electron chi connectivity index (χ0n) is 14.4. The molecule has 2 aromatic rings. The SMILES string of the molecule is C=CC(=O)N(CCc1ccco1)Cc1cn(C)nc1C(C)(C)C. The molecule has 0 radical (unpaired) electrons. The highest BCUT2D eigenvalue weighted by molar-refractivity contribution is 5.87. The van der Waals surface area contributed by atoms with Gasteiger partial charge in [-0.05, 0) is 18.2 Å². The minimum absolute atomic E-state index is 0.0689. The molecule has 0 N–H and O–H groups in total. The number of furan rings is 1. The van der Waals surface area contributed by atoms with Crippen molar-refractivity contribution in [3.05, 3.63) is 54.3 Å². The quantitative estimate of drug-likeness (QED) is 0.770. The lowest BCUT2D eigenvalue weighted by molar-refractivity contribution is -0.126. The summed E-state index contributed by atoms with van der Waals surface area (Å²) in [6, 6.07) is 3.77. The molecule has 2 aromatic heterocycles. The number of hydrogen-bond donors (Lipinski definition) is 0. The summed E-state index contributed by atoms with van der Waals surface area (Å²) in [6.45, 7) is 11.1. The number of aryl methyl sites for hydroxylation is 1. The van der Waals surface area contributed by atoms with Gasteiger partial charge in [0, 0.05) is 43.7 Å². The number of nitrogens with zero attached hydrogens (tertiary/aromatic N) is 3.